The molecule has 0 bridgehead atoms. The number of benzene rings is 1. The number of aromatic amines is 1. The molecule has 7 nitrogen and oxygen atoms in total. The van der Waals surface area contributed by atoms with Crippen LogP contribution >= 0.6 is 0 Å². The number of amidine groups is 1. The molecular weight excluding hydrogens is 541 g/mol. The van der Waals surface area contributed by atoms with Crippen molar-refractivity contribution >= 4 is 23.1 Å². The Labute approximate surface area is 235 Å². The molecule has 0 aliphatic heterocycles. The highest BCUT2D eigenvalue weighted by molar-refractivity contribution is 5.96. The van der Waals surface area contributed by atoms with Gasteiger partial charge in [0.2, 0.25) is 0 Å². The lowest BCUT2D eigenvalue weighted by Gasteiger charge is -2.37. The SMILES string of the molecule is CC.CC(NC1CC(F)(F)C1)c1nc(C(F)(F)F)cc2c(-c3cccc(C(C(=N)N(C)C=N)C4CCC4)c3)n[nH]c12. The maximum atomic E-state index is 13.9. The van der Waals surface area contributed by atoms with Gasteiger partial charge in [-0.3, -0.25) is 15.9 Å². The van der Waals surface area contributed by atoms with Gasteiger partial charge in [-0.2, -0.15) is 18.3 Å². The smallest absolute Gasteiger partial charge is 0.324 e. The Morgan fingerprint density at radius 1 is 1.20 bits per heavy atom. The highest BCUT2D eigenvalue weighted by Gasteiger charge is 2.46. The Bertz CT molecular complexity index is 1390. The molecule has 2 heterocycles. The fourth-order valence-corrected chi connectivity index (χ4v) is 5.53. The van der Waals surface area contributed by atoms with Crippen molar-refractivity contribution in [3.63, 3.8) is 0 Å². The summed E-state index contributed by atoms with van der Waals surface area (Å²) in [7, 11) is 1.65. The first-order valence-electron chi connectivity index (χ1n) is 13.9. The van der Waals surface area contributed by atoms with Gasteiger partial charge in [-0.05, 0) is 43.4 Å². The highest BCUT2D eigenvalue weighted by Crippen LogP contribution is 2.43. The van der Waals surface area contributed by atoms with Crippen molar-refractivity contribution in [1.82, 2.24) is 25.4 Å². The largest absolute Gasteiger partial charge is 0.433 e. The standard InChI is InChI=1S/C27H30F5N7.C2H6/c1-14(35-18-11-26(28,29)12-18)22-24-19(10-20(36-22)27(30,31)32)23(37-38-24)17-8-4-7-16(9-17)21(15-5-3-6-15)25(34)39(2)13-33;1-2/h4,7-10,13-15,18,21,33-35H,3,5-6,11-12H2,1-2H3,(H,37,38);1-2H3. The van der Waals surface area contributed by atoms with Crippen molar-refractivity contribution in [3.05, 3.63) is 47.3 Å². The van der Waals surface area contributed by atoms with Crippen LogP contribution in [0.2, 0.25) is 0 Å². The van der Waals surface area contributed by atoms with E-state index in [2.05, 4.69) is 20.5 Å². The van der Waals surface area contributed by atoms with Crippen LogP contribution in [0.1, 0.15) is 81.8 Å². The van der Waals surface area contributed by atoms with E-state index >= 15 is 0 Å². The summed E-state index contributed by atoms with van der Waals surface area (Å²) in [6.07, 6.45) is -1.40. The van der Waals surface area contributed by atoms with E-state index in [0.29, 0.717) is 16.8 Å². The molecule has 4 N–H and O–H groups in total. The number of nitrogens with zero attached hydrogens (tertiary/aromatic N) is 3. The maximum Gasteiger partial charge on any atom is 0.433 e. The molecule has 0 amide bonds. The summed E-state index contributed by atoms with van der Waals surface area (Å²) in [5, 5.41) is 26.6. The Morgan fingerprint density at radius 2 is 1.88 bits per heavy atom. The predicted octanol–water partition coefficient (Wildman–Crippen LogP) is 7.52. The second kappa shape index (κ2) is 11.8. The molecule has 2 aliphatic carbocycles. The van der Waals surface area contributed by atoms with Gasteiger partial charge in [0, 0.05) is 48.8 Å². The third-order valence-electron chi connectivity index (χ3n) is 7.87. The number of pyridine rings is 1. The van der Waals surface area contributed by atoms with Crippen molar-refractivity contribution in [1.29, 1.82) is 10.8 Å². The molecule has 0 radical (unpaired) electrons. The van der Waals surface area contributed by atoms with Gasteiger partial charge >= 0.3 is 6.18 Å². The first kappa shape index (κ1) is 30.5. The summed E-state index contributed by atoms with van der Waals surface area (Å²) in [5.74, 6) is -2.50. The molecule has 2 aromatic heterocycles. The van der Waals surface area contributed by atoms with E-state index in [0.717, 1.165) is 37.2 Å². The normalized spacial score (nSPS) is 18.5. The minimum Gasteiger partial charge on any atom is -0.324 e. The fraction of sp³-hybridized carbons (Fsp3) is 0.517. The van der Waals surface area contributed by atoms with Crippen LogP contribution in [-0.2, 0) is 6.18 Å². The predicted molar refractivity (Wildman–Crippen MR) is 150 cm³/mol. The molecule has 1 aromatic carbocycles. The lowest BCUT2D eigenvalue weighted by atomic mass is 9.72. The van der Waals surface area contributed by atoms with Crippen LogP contribution in [0.25, 0.3) is 22.2 Å². The topological polar surface area (TPSA) is 105 Å². The summed E-state index contributed by atoms with van der Waals surface area (Å²) in [6.45, 7) is 5.61. The minimum atomic E-state index is -4.72. The van der Waals surface area contributed by atoms with Gasteiger partial charge in [-0.1, -0.05) is 38.5 Å². The molecule has 3 aromatic rings. The number of fused-ring (bicyclic) bond motifs is 1. The van der Waals surface area contributed by atoms with Crippen molar-refractivity contribution in [2.45, 2.75) is 83.0 Å². The molecule has 2 fully saturated rings. The van der Waals surface area contributed by atoms with Crippen LogP contribution in [0, 0.1) is 16.7 Å². The number of hydrogen-bond acceptors (Lipinski definition) is 5. The Morgan fingerprint density at radius 3 is 2.44 bits per heavy atom. The van der Waals surface area contributed by atoms with E-state index in [1.54, 1.807) is 26.1 Å². The maximum absolute atomic E-state index is 13.9. The van der Waals surface area contributed by atoms with Gasteiger partial charge < -0.3 is 10.2 Å². The Balaban J connectivity index is 0.00000189. The molecule has 5 rings (SSSR count). The average molecular weight is 578 g/mol. The van der Waals surface area contributed by atoms with Gasteiger partial charge in [-0.25, -0.2) is 13.8 Å². The van der Waals surface area contributed by atoms with E-state index in [4.69, 9.17) is 10.8 Å². The summed E-state index contributed by atoms with van der Waals surface area (Å²) < 4.78 is 68.3. The zero-order valence-corrected chi connectivity index (χ0v) is 23.5. The van der Waals surface area contributed by atoms with Crippen LogP contribution in [0.15, 0.2) is 30.3 Å². The minimum absolute atomic E-state index is 0.0617. The molecule has 2 aliphatic rings. The number of nitrogens with one attached hydrogen (secondary N) is 4. The van der Waals surface area contributed by atoms with E-state index in [9.17, 15) is 22.0 Å². The highest BCUT2D eigenvalue weighted by atomic mass is 19.4. The summed E-state index contributed by atoms with van der Waals surface area (Å²) >= 11 is 0. The number of rotatable bonds is 8. The van der Waals surface area contributed by atoms with Gasteiger partial charge in [0.05, 0.1) is 17.5 Å². The number of likely N-dealkylation sites (N-methyl/N-ethyl adjacent to an activating group) is 1. The van der Waals surface area contributed by atoms with Crippen LogP contribution in [0.5, 0.6) is 0 Å². The average Bonchev–Trinajstić information content (AvgIpc) is 3.33. The zero-order chi connectivity index (χ0) is 30.1. The van der Waals surface area contributed by atoms with Crippen molar-refractivity contribution in [2.24, 2.45) is 5.92 Å². The van der Waals surface area contributed by atoms with Gasteiger partial charge in [0.15, 0.2) is 0 Å². The molecule has 2 atom stereocenters. The first-order valence-corrected chi connectivity index (χ1v) is 13.9. The second-order valence-electron chi connectivity index (χ2n) is 10.7. The molecule has 0 saturated heterocycles. The summed E-state index contributed by atoms with van der Waals surface area (Å²) in [4.78, 5) is 5.32. The van der Waals surface area contributed by atoms with E-state index in [-0.39, 0.29) is 41.6 Å². The van der Waals surface area contributed by atoms with Crippen LogP contribution in [-0.4, -0.2) is 51.3 Å². The van der Waals surface area contributed by atoms with Gasteiger partial charge in [-0.15, -0.1) is 0 Å². The zero-order valence-electron chi connectivity index (χ0n) is 23.5. The molecule has 222 valence electrons. The van der Waals surface area contributed by atoms with Crippen molar-refractivity contribution < 1.29 is 22.0 Å². The van der Waals surface area contributed by atoms with Gasteiger partial charge in [0.25, 0.3) is 5.92 Å². The third kappa shape index (κ3) is 6.27. The molecular formula is C29H36F5N7. The molecule has 41 heavy (non-hydrogen) atoms. The lowest BCUT2D eigenvalue weighted by molar-refractivity contribution is -0.141. The summed E-state index contributed by atoms with van der Waals surface area (Å²) in [6, 6.07) is 7.00. The number of halogens is 5. The van der Waals surface area contributed by atoms with Crippen LogP contribution < -0.4 is 5.32 Å². The number of hydrogen-bond donors (Lipinski definition) is 4. The van der Waals surface area contributed by atoms with Crippen molar-refractivity contribution in [3.8, 4) is 11.3 Å². The molecule has 12 heteroatoms. The Kier molecular flexibility index (Phi) is 8.81. The number of aromatic nitrogens is 3. The van der Waals surface area contributed by atoms with Crippen LogP contribution in [0.3, 0.4) is 0 Å². The molecule has 2 saturated carbocycles. The lowest BCUT2D eigenvalue weighted by Crippen LogP contribution is -2.49. The second-order valence-corrected chi connectivity index (χ2v) is 10.7. The van der Waals surface area contributed by atoms with Gasteiger partial charge in [0.1, 0.15) is 17.2 Å². The van der Waals surface area contributed by atoms with E-state index in [1.165, 1.54) is 4.90 Å². The van der Waals surface area contributed by atoms with E-state index < -0.39 is 29.9 Å². The van der Waals surface area contributed by atoms with E-state index in [1.807, 2.05) is 26.0 Å². The fourth-order valence-electron chi connectivity index (χ4n) is 5.53. The molecule has 0 spiro atoms. The monoisotopic (exact) mass is 577 g/mol. The van der Waals surface area contributed by atoms with Crippen molar-refractivity contribution in [2.75, 3.05) is 7.05 Å². The Hall–Kier alpha value is -3.41. The quantitative estimate of drug-likeness (QED) is 0.126. The number of alkyl halides is 5. The molecule has 2 unspecified atom stereocenters. The first-order chi connectivity index (χ1) is 19.4. The summed E-state index contributed by atoms with van der Waals surface area (Å²) in [5.41, 5.74) is 1.00. The van der Waals surface area contributed by atoms with Crippen LogP contribution in [0.4, 0.5) is 22.0 Å². The number of H-pyrrole nitrogens is 1. The third-order valence-corrected chi connectivity index (χ3v) is 7.87.